The fraction of sp³-hybridized carbons (Fsp3) is 0. The molecule has 4 aromatic rings. The van der Waals surface area contributed by atoms with Crippen molar-refractivity contribution in [3.05, 3.63) is 120 Å². The average Bonchev–Trinajstić information content (AvgIpc) is 3.16. The van der Waals surface area contributed by atoms with Crippen LogP contribution in [0.5, 0.6) is 0 Å². The summed E-state index contributed by atoms with van der Waals surface area (Å²) in [6.45, 7) is 0. The van der Waals surface area contributed by atoms with Crippen LogP contribution in [0.2, 0.25) is 0 Å². The van der Waals surface area contributed by atoms with Crippen molar-refractivity contribution in [3.8, 4) is 11.8 Å². The van der Waals surface area contributed by atoms with Gasteiger partial charge in [-0.3, -0.25) is 24.3 Å². The van der Waals surface area contributed by atoms with Gasteiger partial charge in [0.2, 0.25) is 0 Å². The molecule has 4 rings (SSSR count). The molecule has 0 atom stereocenters. The highest BCUT2D eigenvalue weighted by Crippen LogP contribution is 2.12. The molecule has 34 heavy (non-hydrogen) atoms. The lowest BCUT2D eigenvalue weighted by molar-refractivity contribution is -0.384. The molecule has 0 radical (unpaired) electrons. The number of nitriles is 1. The summed E-state index contributed by atoms with van der Waals surface area (Å²) in [5, 5.41) is 23.4. The van der Waals surface area contributed by atoms with E-state index in [4.69, 9.17) is 0 Å². The first kappa shape index (κ1) is 22.4. The zero-order valence-electron chi connectivity index (χ0n) is 17.5. The second-order valence-corrected chi connectivity index (χ2v) is 8.08. The third kappa shape index (κ3) is 4.67. The SMILES string of the molecule is N#C/C(C(=O)Nc1ccccc1)=c1\s/c(=C/c2ccc([N+](=O)[O-])cc2)c(=O)n1-c1ccccc1. The second-order valence-electron chi connectivity index (χ2n) is 7.05. The monoisotopic (exact) mass is 468 g/mol. The highest BCUT2D eigenvalue weighted by Gasteiger charge is 2.17. The Bertz CT molecular complexity index is 1580. The van der Waals surface area contributed by atoms with Gasteiger partial charge in [-0.15, -0.1) is 11.3 Å². The number of para-hydroxylation sites is 2. The molecular formula is C25H16N4O4S. The standard InChI is InChI=1S/C25H16N4O4S/c26-16-21(23(30)27-18-7-3-1-4-8-18)25-28(19-9-5-2-6-10-19)24(31)22(34-25)15-17-11-13-20(14-12-17)29(32)33/h1-15H,(H,27,30)/b22-15+,25-21+. The summed E-state index contributed by atoms with van der Waals surface area (Å²) in [5.41, 5.74) is 0.903. The van der Waals surface area contributed by atoms with Crippen molar-refractivity contribution in [3.63, 3.8) is 0 Å². The molecular weight excluding hydrogens is 452 g/mol. The molecule has 0 bridgehead atoms. The lowest BCUT2D eigenvalue weighted by atomic mass is 10.2. The molecule has 0 aliphatic heterocycles. The number of rotatable bonds is 5. The highest BCUT2D eigenvalue weighted by atomic mass is 32.1. The van der Waals surface area contributed by atoms with E-state index in [2.05, 4.69) is 5.32 Å². The number of non-ortho nitro benzene ring substituents is 1. The van der Waals surface area contributed by atoms with Gasteiger partial charge in [-0.05, 0) is 48.0 Å². The number of benzene rings is 3. The van der Waals surface area contributed by atoms with Gasteiger partial charge in [-0.25, -0.2) is 0 Å². The van der Waals surface area contributed by atoms with E-state index in [1.807, 2.05) is 6.07 Å². The van der Waals surface area contributed by atoms with Gasteiger partial charge in [-0.2, -0.15) is 5.26 Å². The van der Waals surface area contributed by atoms with Crippen LogP contribution in [0.1, 0.15) is 5.56 Å². The summed E-state index contributed by atoms with van der Waals surface area (Å²) in [6, 6.07) is 25.1. The van der Waals surface area contributed by atoms with Gasteiger partial charge in [-0.1, -0.05) is 36.4 Å². The molecule has 0 spiro atoms. The molecule has 0 fully saturated rings. The van der Waals surface area contributed by atoms with Crippen molar-refractivity contribution in [2.45, 2.75) is 0 Å². The number of nitro groups is 1. The second kappa shape index (κ2) is 9.77. The maximum Gasteiger partial charge on any atom is 0.273 e. The molecule has 166 valence electrons. The Morgan fingerprint density at radius 1 is 1.00 bits per heavy atom. The number of nitro benzene ring substituents is 1. The summed E-state index contributed by atoms with van der Waals surface area (Å²) >= 11 is 0.999. The molecule has 9 heteroatoms. The molecule has 1 heterocycles. The number of nitrogens with zero attached hydrogens (tertiary/aromatic N) is 3. The van der Waals surface area contributed by atoms with Crippen LogP contribution < -0.4 is 20.1 Å². The quantitative estimate of drug-likeness (QED) is 0.357. The van der Waals surface area contributed by atoms with Crippen LogP contribution >= 0.6 is 11.3 Å². The van der Waals surface area contributed by atoms with Crippen LogP contribution in [0.3, 0.4) is 0 Å². The Labute approximate surface area is 197 Å². The first-order valence-electron chi connectivity index (χ1n) is 10.0. The van der Waals surface area contributed by atoms with Crippen LogP contribution in [0.15, 0.2) is 89.7 Å². The third-order valence-corrected chi connectivity index (χ3v) is 5.92. The minimum absolute atomic E-state index is 0.0663. The Kier molecular flexibility index (Phi) is 6.43. The summed E-state index contributed by atoms with van der Waals surface area (Å²) in [5.74, 6) is -0.637. The van der Waals surface area contributed by atoms with Gasteiger partial charge in [0.15, 0.2) is 5.57 Å². The van der Waals surface area contributed by atoms with E-state index in [9.17, 15) is 25.0 Å². The van der Waals surface area contributed by atoms with Crippen molar-refractivity contribution < 1.29 is 9.72 Å². The van der Waals surface area contributed by atoms with Crippen molar-refractivity contribution in [1.82, 2.24) is 4.57 Å². The predicted molar refractivity (Wildman–Crippen MR) is 130 cm³/mol. The van der Waals surface area contributed by atoms with Gasteiger partial charge in [0, 0.05) is 17.8 Å². The van der Waals surface area contributed by atoms with Crippen molar-refractivity contribution >= 4 is 40.3 Å². The lowest BCUT2D eigenvalue weighted by Gasteiger charge is -2.05. The maximum absolute atomic E-state index is 13.4. The zero-order chi connectivity index (χ0) is 24.1. The largest absolute Gasteiger partial charge is 0.321 e. The molecule has 0 saturated heterocycles. The predicted octanol–water partition coefficient (Wildman–Crippen LogP) is 2.95. The number of hydrogen-bond acceptors (Lipinski definition) is 6. The number of thiazole rings is 1. The minimum Gasteiger partial charge on any atom is -0.321 e. The highest BCUT2D eigenvalue weighted by molar-refractivity contribution is 7.07. The molecule has 0 saturated carbocycles. The first-order valence-corrected chi connectivity index (χ1v) is 10.8. The summed E-state index contributed by atoms with van der Waals surface area (Å²) in [7, 11) is 0. The van der Waals surface area contributed by atoms with Crippen LogP contribution in [-0.2, 0) is 4.79 Å². The molecule has 8 nitrogen and oxygen atoms in total. The van der Waals surface area contributed by atoms with E-state index < -0.39 is 16.4 Å². The van der Waals surface area contributed by atoms with E-state index in [1.165, 1.54) is 28.8 Å². The van der Waals surface area contributed by atoms with E-state index >= 15 is 0 Å². The van der Waals surface area contributed by atoms with E-state index in [-0.39, 0.29) is 20.5 Å². The van der Waals surface area contributed by atoms with E-state index in [1.54, 1.807) is 66.7 Å². The lowest BCUT2D eigenvalue weighted by Crippen LogP contribution is -2.32. The number of nitrogens with one attached hydrogen (secondary N) is 1. The maximum atomic E-state index is 13.4. The molecule has 0 aliphatic rings. The first-order chi connectivity index (χ1) is 16.5. The number of carbonyl (C=O) groups is 1. The van der Waals surface area contributed by atoms with Gasteiger partial charge in [0.25, 0.3) is 17.2 Å². The normalized spacial score (nSPS) is 12.0. The Morgan fingerprint density at radius 2 is 1.62 bits per heavy atom. The Balaban J connectivity index is 1.92. The van der Waals surface area contributed by atoms with Gasteiger partial charge < -0.3 is 5.32 Å². The van der Waals surface area contributed by atoms with Crippen LogP contribution in [0.4, 0.5) is 11.4 Å². The van der Waals surface area contributed by atoms with Gasteiger partial charge >= 0.3 is 0 Å². The van der Waals surface area contributed by atoms with Crippen molar-refractivity contribution in [1.29, 1.82) is 5.26 Å². The van der Waals surface area contributed by atoms with Crippen LogP contribution in [0, 0.1) is 21.4 Å². The van der Waals surface area contributed by atoms with E-state index in [0.717, 1.165) is 11.3 Å². The topological polar surface area (TPSA) is 118 Å². The van der Waals surface area contributed by atoms with Gasteiger partial charge in [0.1, 0.15) is 10.7 Å². The Hall–Kier alpha value is -4.81. The summed E-state index contributed by atoms with van der Waals surface area (Å²) in [4.78, 5) is 36.7. The molecule has 1 N–H and O–H groups in total. The average molecular weight is 468 g/mol. The van der Waals surface area contributed by atoms with E-state index in [0.29, 0.717) is 16.9 Å². The van der Waals surface area contributed by atoms with Gasteiger partial charge in [0.05, 0.1) is 15.1 Å². The third-order valence-electron chi connectivity index (χ3n) is 4.82. The number of anilines is 1. The molecule has 3 aromatic carbocycles. The van der Waals surface area contributed by atoms with Crippen LogP contribution in [0.25, 0.3) is 17.3 Å². The minimum atomic E-state index is -0.637. The van der Waals surface area contributed by atoms with Crippen molar-refractivity contribution in [2.24, 2.45) is 0 Å². The van der Waals surface area contributed by atoms with Crippen molar-refractivity contribution in [2.75, 3.05) is 5.32 Å². The number of hydrogen-bond donors (Lipinski definition) is 1. The number of carbonyl (C=O) groups excluding carboxylic acids is 1. The number of aromatic nitrogens is 1. The molecule has 0 aliphatic carbocycles. The fourth-order valence-corrected chi connectivity index (χ4v) is 4.32. The molecule has 1 aromatic heterocycles. The summed E-state index contributed by atoms with van der Waals surface area (Å²) < 4.78 is 1.78. The zero-order valence-corrected chi connectivity index (χ0v) is 18.4. The number of amides is 1. The fourth-order valence-electron chi connectivity index (χ4n) is 3.22. The molecule has 0 unspecified atom stereocenters. The molecule has 1 amide bonds. The summed E-state index contributed by atoms with van der Waals surface area (Å²) in [6.07, 6.45) is 1.57. The van der Waals surface area contributed by atoms with Crippen LogP contribution in [-0.4, -0.2) is 15.4 Å². The smallest absolute Gasteiger partial charge is 0.273 e. The Morgan fingerprint density at radius 3 is 2.21 bits per heavy atom.